The van der Waals surface area contributed by atoms with Crippen LogP contribution in [-0.2, 0) is 7.05 Å². The second kappa shape index (κ2) is 3.84. The van der Waals surface area contributed by atoms with Gasteiger partial charge in [-0.05, 0) is 18.2 Å². The van der Waals surface area contributed by atoms with Gasteiger partial charge in [0.1, 0.15) is 5.75 Å². The number of rotatable bonds is 2. The average Bonchev–Trinajstić information content (AvgIpc) is 2.64. The highest BCUT2D eigenvalue weighted by Gasteiger charge is 2.00. The van der Waals surface area contributed by atoms with Crippen LogP contribution in [0.2, 0.25) is 0 Å². The van der Waals surface area contributed by atoms with Crippen molar-refractivity contribution < 1.29 is 4.74 Å². The predicted octanol–water partition coefficient (Wildman–Crippen LogP) is 2.08. The molecule has 0 unspecified atom stereocenters. The Hall–Kier alpha value is -2.28. The number of nitriles is 1. The molecule has 0 atom stereocenters. The first-order valence-corrected chi connectivity index (χ1v) is 4.44. The molecule has 0 aliphatic rings. The van der Waals surface area contributed by atoms with E-state index in [1.54, 1.807) is 41.3 Å². The fraction of sp³-hybridized carbons (Fsp3) is 0.0909. The zero-order valence-corrected chi connectivity index (χ0v) is 8.21. The molecule has 4 heteroatoms. The van der Waals surface area contributed by atoms with Gasteiger partial charge in [-0.15, -0.1) is 0 Å². The van der Waals surface area contributed by atoms with Crippen molar-refractivity contribution in [1.82, 2.24) is 9.78 Å². The van der Waals surface area contributed by atoms with Gasteiger partial charge >= 0.3 is 0 Å². The maximum absolute atomic E-state index is 8.71. The molecule has 0 spiro atoms. The van der Waals surface area contributed by atoms with Crippen molar-refractivity contribution >= 4 is 0 Å². The van der Waals surface area contributed by atoms with Crippen molar-refractivity contribution in [1.29, 1.82) is 5.26 Å². The lowest BCUT2D eigenvalue weighted by atomic mass is 10.2. The smallest absolute Gasteiger partial charge is 0.165 e. The van der Waals surface area contributed by atoms with E-state index in [0.717, 1.165) is 0 Å². The highest BCUT2D eigenvalue weighted by molar-refractivity contribution is 5.38. The van der Waals surface area contributed by atoms with Crippen molar-refractivity contribution in [3.63, 3.8) is 0 Å². The van der Waals surface area contributed by atoms with Gasteiger partial charge in [0.2, 0.25) is 0 Å². The van der Waals surface area contributed by atoms with Gasteiger partial charge < -0.3 is 4.74 Å². The van der Waals surface area contributed by atoms with Gasteiger partial charge in [-0.2, -0.15) is 10.4 Å². The van der Waals surface area contributed by atoms with E-state index in [4.69, 9.17) is 10.00 Å². The maximum Gasteiger partial charge on any atom is 0.165 e. The molecule has 0 saturated heterocycles. The van der Waals surface area contributed by atoms with Gasteiger partial charge in [0.25, 0.3) is 0 Å². The quantitative estimate of drug-likeness (QED) is 0.744. The van der Waals surface area contributed by atoms with Crippen molar-refractivity contribution in [3.8, 4) is 17.6 Å². The third-order valence-corrected chi connectivity index (χ3v) is 1.88. The van der Waals surface area contributed by atoms with E-state index in [1.165, 1.54) is 0 Å². The summed E-state index contributed by atoms with van der Waals surface area (Å²) in [5, 5.41) is 12.7. The third kappa shape index (κ3) is 2.15. The minimum absolute atomic E-state index is 0.580. The van der Waals surface area contributed by atoms with Crippen LogP contribution >= 0.6 is 0 Å². The van der Waals surface area contributed by atoms with Crippen LogP contribution in [0.25, 0.3) is 0 Å². The monoisotopic (exact) mass is 199 g/mol. The van der Waals surface area contributed by atoms with E-state index in [2.05, 4.69) is 11.2 Å². The standard InChI is InChI=1S/C11H9N3O/c1-14-8-11(7-13-14)15-10-4-2-3-9(5-10)6-12/h2-5,7-8H,1H3. The van der Waals surface area contributed by atoms with Crippen molar-refractivity contribution in [2.24, 2.45) is 7.05 Å². The first kappa shape index (κ1) is 9.28. The molecule has 0 amide bonds. The molecule has 1 aromatic carbocycles. The molecule has 0 bridgehead atoms. The van der Waals surface area contributed by atoms with Crippen LogP contribution in [0, 0.1) is 11.3 Å². The summed E-state index contributed by atoms with van der Waals surface area (Å²) in [6.07, 6.45) is 3.39. The lowest BCUT2D eigenvalue weighted by molar-refractivity contribution is 0.482. The molecule has 2 rings (SSSR count). The fourth-order valence-corrected chi connectivity index (χ4v) is 1.22. The third-order valence-electron chi connectivity index (χ3n) is 1.88. The normalized spacial score (nSPS) is 9.60. The van der Waals surface area contributed by atoms with Crippen LogP contribution in [0.3, 0.4) is 0 Å². The Balaban J connectivity index is 2.21. The van der Waals surface area contributed by atoms with E-state index in [9.17, 15) is 0 Å². The van der Waals surface area contributed by atoms with Crippen molar-refractivity contribution in [2.75, 3.05) is 0 Å². The van der Waals surface area contributed by atoms with E-state index >= 15 is 0 Å². The Morgan fingerprint density at radius 1 is 1.40 bits per heavy atom. The van der Waals surface area contributed by atoms with Crippen LogP contribution in [0.5, 0.6) is 11.5 Å². The summed E-state index contributed by atoms with van der Waals surface area (Å²) in [5.41, 5.74) is 0.580. The topological polar surface area (TPSA) is 50.8 Å². The predicted molar refractivity (Wildman–Crippen MR) is 54.4 cm³/mol. The molecule has 1 heterocycles. The highest BCUT2D eigenvalue weighted by Crippen LogP contribution is 2.20. The fourth-order valence-electron chi connectivity index (χ4n) is 1.22. The van der Waals surface area contributed by atoms with Crippen LogP contribution in [0.1, 0.15) is 5.56 Å². The van der Waals surface area contributed by atoms with Gasteiger partial charge in [0.15, 0.2) is 5.75 Å². The lowest BCUT2D eigenvalue weighted by Crippen LogP contribution is -1.85. The van der Waals surface area contributed by atoms with Crippen molar-refractivity contribution in [2.45, 2.75) is 0 Å². The molecule has 0 N–H and O–H groups in total. The Bertz CT molecular complexity index is 511. The van der Waals surface area contributed by atoms with E-state index in [-0.39, 0.29) is 0 Å². The molecule has 15 heavy (non-hydrogen) atoms. The molecule has 0 saturated carbocycles. The Morgan fingerprint density at radius 2 is 2.27 bits per heavy atom. The largest absolute Gasteiger partial charge is 0.454 e. The number of hydrogen-bond acceptors (Lipinski definition) is 3. The summed E-state index contributed by atoms with van der Waals surface area (Å²) in [6, 6.07) is 9.06. The number of aromatic nitrogens is 2. The Morgan fingerprint density at radius 3 is 2.93 bits per heavy atom. The van der Waals surface area contributed by atoms with Crippen molar-refractivity contribution in [3.05, 3.63) is 42.2 Å². The number of nitrogens with zero attached hydrogens (tertiary/aromatic N) is 3. The molecule has 2 aromatic rings. The summed E-state index contributed by atoms with van der Waals surface area (Å²) in [4.78, 5) is 0. The van der Waals surface area contributed by atoms with Crippen LogP contribution < -0.4 is 4.74 Å². The second-order valence-electron chi connectivity index (χ2n) is 3.09. The van der Waals surface area contributed by atoms with Gasteiger partial charge in [0, 0.05) is 7.05 Å². The zero-order valence-electron chi connectivity index (χ0n) is 8.21. The molecular formula is C11H9N3O. The summed E-state index contributed by atoms with van der Waals surface area (Å²) < 4.78 is 7.16. The van der Waals surface area contributed by atoms with E-state index in [0.29, 0.717) is 17.1 Å². The summed E-state index contributed by atoms with van der Waals surface area (Å²) >= 11 is 0. The molecule has 74 valence electrons. The molecular weight excluding hydrogens is 190 g/mol. The average molecular weight is 199 g/mol. The molecule has 1 aromatic heterocycles. The maximum atomic E-state index is 8.71. The van der Waals surface area contributed by atoms with Gasteiger partial charge in [0.05, 0.1) is 24.0 Å². The van der Waals surface area contributed by atoms with Crippen LogP contribution in [0.4, 0.5) is 0 Å². The number of ether oxygens (including phenoxy) is 1. The summed E-state index contributed by atoms with van der Waals surface area (Å²) in [6.45, 7) is 0. The SMILES string of the molecule is Cn1cc(Oc2cccc(C#N)c2)cn1. The zero-order chi connectivity index (χ0) is 10.7. The number of aryl methyl sites for hydroxylation is 1. The highest BCUT2D eigenvalue weighted by atomic mass is 16.5. The van der Waals surface area contributed by atoms with Crippen LogP contribution in [-0.4, -0.2) is 9.78 Å². The minimum Gasteiger partial charge on any atom is -0.454 e. The van der Waals surface area contributed by atoms with E-state index < -0.39 is 0 Å². The van der Waals surface area contributed by atoms with Gasteiger partial charge in [-0.1, -0.05) is 6.07 Å². The summed E-state index contributed by atoms with van der Waals surface area (Å²) in [7, 11) is 1.82. The Labute approximate surface area is 87.3 Å². The number of hydrogen-bond donors (Lipinski definition) is 0. The molecule has 4 nitrogen and oxygen atoms in total. The Kier molecular flexibility index (Phi) is 2.38. The molecule has 0 fully saturated rings. The summed E-state index contributed by atoms with van der Waals surface area (Å²) in [5.74, 6) is 1.30. The van der Waals surface area contributed by atoms with Crippen LogP contribution in [0.15, 0.2) is 36.7 Å². The lowest BCUT2D eigenvalue weighted by Gasteiger charge is -2.01. The minimum atomic E-state index is 0.580. The molecule has 0 aliphatic carbocycles. The van der Waals surface area contributed by atoms with E-state index in [1.807, 2.05) is 7.05 Å². The first-order chi connectivity index (χ1) is 7.28. The van der Waals surface area contributed by atoms with Gasteiger partial charge in [-0.3, -0.25) is 4.68 Å². The van der Waals surface area contributed by atoms with Gasteiger partial charge in [-0.25, -0.2) is 0 Å². The second-order valence-corrected chi connectivity index (χ2v) is 3.09. The molecule has 0 aliphatic heterocycles. The number of benzene rings is 1. The molecule has 0 radical (unpaired) electrons. The first-order valence-electron chi connectivity index (χ1n) is 4.44.